The molecule has 1 aromatic heterocycles. The summed E-state index contributed by atoms with van der Waals surface area (Å²) in [7, 11) is 1.54. The predicted octanol–water partition coefficient (Wildman–Crippen LogP) is 2.88. The molecule has 110 valence electrons. The van der Waals surface area contributed by atoms with E-state index in [0.29, 0.717) is 16.9 Å². The lowest BCUT2D eigenvalue weighted by Crippen LogP contribution is -2.25. The first kappa shape index (κ1) is 16.0. The summed E-state index contributed by atoms with van der Waals surface area (Å²) in [5.74, 6) is -0.629. The van der Waals surface area contributed by atoms with Crippen LogP contribution in [-0.2, 0) is 4.79 Å². The number of aliphatic carboxylic acids is 1. The summed E-state index contributed by atoms with van der Waals surface area (Å²) in [6, 6.07) is 1.67. The molecule has 0 saturated carbocycles. The van der Waals surface area contributed by atoms with Gasteiger partial charge in [-0.3, -0.25) is 0 Å². The highest BCUT2D eigenvalue weighted by atomic mass is 19.4. The molecule has 0 aliphatic heterocycles. The molecule has 1 N–H and O–H groups in total. The summed E-state index contributed by atoms with van der Waals surface area (Å²) < 4.78 is 36.5. The highest BCUT2D eigenvalue weighted by Gasteiger charge is 2.27. The molecule has 1 heterocycles. The Kier molecular flexibility index (Phi) is 5.12. The van der Waals surface area contributed by atoms with Crippen molar-refractivity contribution in [2.45, 2.75) is 19.5 Å². The van der Waals surface area contributed by atoms with E-state index in [9.17, 15) is 18.0 Å². The fourth-order valence-electron chi connectivity index (χ4n) is 1.65. The third kappa shape index (κ3) is 5.29. The summed E-state index contributed by atoms with van der Waals surface area (Å²) in [5.41, 5.74) is 1.26. The topological polar surface area (TPSA) is 53.4 Å². The van der Waals surface area contributed by atoms with Gasteiger partial charge in [0.05, 0.1) is 6.42 Å². The molecule has 0 aliphatic rings. The van der Waals surface area contributed by atoms with E-state index in [0.717, 1.165) is 6.08 Å². The van der Waals surface area contributed by atoms with Crippen LogP contribution in [0.3, 0.4) is 0 Å². The van der Waals surface area contributed by atoms with E-state index in [4.69, 9.17) is 5.11 Å². The highest BCUT2D eigenvalue weighted by molar-refractivity contribution is 5.85. The minimum Gasteiger partial charge on any atom is -0.478 e. The number of aromatic nitrogens is 1. The Hall–Kier alpha value is -2.05. The van der Waals surface area contributed by atoms with E-state index in [1.807, 2.05) is 0 Å². The van der Waals surface area contributed by atoms with Gasteiger partial charge in [0, 0.05) is 25.9 Å². The summed E-state index contributed by atoms with van der Waals surface area (Å²) in [6.45, 7) is 1.53. The van der Waals surface area contributed by atoms with Gasteiger partial charge in [-0.05, 0) is 30.2 Å². The molecular weight excluding hydrogens is 273 g/mol. The minimum absolute atomic E-state index is 0.179. The second-order valence-corrected chi connectivity index (χ2v) is 4.37. The third-order valence-corrected chi connectivity index (χ3v) is 2.58. The minimum atomic E-state index is -4.20. The maximum Gasteiger partial charge on any atom is 0.390 e. The number of carbonyl (C=O) groups is 1. The molecule has 7 heteroatoms. The number of anilines is 1. The van der Waals surface area contributed by atoms with Gasteiger partial charge in [-0.25, -0.2) is 9.78 Å². The molecule has 0 unspecified atom stereocenters. The number of hydrogen-bond acceptors (Lipinski definition) is 3. The summed E-state index contributed by atoms with van der Waals surface area (Å²) in [6.07, 6.45) is -1.34. The lowest BCUT2D eigenvalue weighted by molar-refractivity contribution is -0.132. The molecule has 0 fully saturated rings. The summed E-state index contributed by atoms with van der Waals surface area (Å²) in [4.78, 5) is 15.9. The van der Waals surface area contributed by atoms with Crippen molar-refractivity contribution in [2.24, 2.45) is 0 Å². The summed E-state index contributed by atoms with van der Waals surface area (Å²) in [5, 5.41) is 8.51. The molecule has 0 amide bonds. The average Bonchev–Trinajstić information content (AvgIpc) is 2.32. The SMILES string of the molecule is Cc1cc(/C=C/C(=O)O)cnc1N(C)CCC(F)(F)F. The monoisotopic (exact) mass is 288 g/mol. The molecule has 1 aromatic rings. The van der Waals surface area contributed by atoms with Gasteiger partial charge in [-0.1, -0.05) is 0 Å². The normalized spacial score (nSPS) is 11.8. The molecule has 0 atom stereocenters. The van der Waals surface area contributed by atoms with Crippen molar-refractivity contribution in [3.63, 3.8) is 0 Å². The maximum atomic E-state index is 12.2. The van der Waals surface area contributed by atoms with E-state index < -0.39 is 18.6 Å². The van der Waals surface area contributed by atoms with Crippen molar-refractivity contribution in [1.82, 2.24) is 4.98 Å². The van der Waals surface area contributed by atoms with Crippen LogP contribution in [0.2, 0.25) is 0 Å². The smallest absolute Gasteiger partial charge is 0.390 e. The second kappa shape index (κ2) is 6.40. The van der Waals surface area contributed by atoms with Gasteiger partial charge < -0.3 is 10.0 Å². The Morgan fingerprint density at radius 3 is 2.65 bits per heavy atom. The zero-order chi connectivity index (χ0) is 15.3. The Bertz CT molecular complexity index is 513. The first-order valence-electron chi connectivity index (χ1n) is 5.84. The van der Waals surface area contributed by atoms with Crippen LogP contribution in [-0.4, -0.2) is 35.8 Å². The van der Waals surface area contributed by atoms with Crippen LogP contribution in [0.25, 0.3) is 6.08 Å². The van der Waals surface area contributed by atoms with Crippen LogP contribution in [0.1, 0.15) is 17.5 Å². The van der Waals surface area contributed by atoms with Crippen molar-refractivity contribution < 1.29 is 23.1 Å². The van der Waals surface area contributed by atoms with E-state index >= 15 is 0 Å². The maximum absolute atomic E-state index is 12.2. The molecule has 0 spiro atoms. The van der Waals surface area contributed by atoms with Gasteiger partial charge in [-0.2, -0.15) is 13.2 Å². The first-order chi connectivity index (χ1) is 9.19. The van der Waals surface area contributed by atoms with E-state index in [1.165, 1.54) is 24.2 Å². The van der Waals surface area contributed by atoms with Crippen LogP contribution >= 0.6 is 0 Å². The van der Waals surface area contributed by atoms with Crippen molar-refractivity contribution in [2.75, 3.05) is 18.5 Å². The largest absolute Gasteiger partial charge is 0.478 e. The average molecular weight is 288 g/mol. The number of rotatable bonds is 5. The Morgan fingerprint density at radius 2 is 2.15 bits per heavy atom. The number of carboxylic acid groups (broad SMARTS) is 1. The second-order valence-electron chi connectivity index (χ2n) is 4.37. The van der Waals surface area contributed by atoms with Gasteiger partial charge in [-0.15, -0.1) is 0 Å². The molecule has 20 heavy (non-hydrogen) atoms. The number of alkyl halides is 3. The molecule has 0 bridgehead atoms. The number of hydrogen-bond donors (Lipinski definition) is 1. The van der Waals surface area contributed by atoms with Crippen molar-refractivity contribution >= 4 is 17.9 Å². The molecule has 1 rings (SSSR count). The Morgan fingerprint density at radius 1 is 1.50 bits per heavy atom. The van der Waals surface area contributed by atoms with Crippen LogP contribution < -0.4 is 4.90 Å². The molecule has 0 aromatic carbocycles. The van der Waals surface area contributed by atoms with Gasteiger partial charge >= 0.3 is 12.1 Å². The van der Waals surface area contributed by atoms with Crippen molar-refractivity contribution in [3.8, 4) is 0 Å². The van der Waals surface area contributed by atoms with Crippen LogP contribution in [0, 0.1) is 6.92 Å². The van der Waals surface area contributed by atoms with Gasteiger partial charge in [0.1, 0.15) is 5.82 Å². The molecule has 0 saturated heterocycles. The lowest BCUT2D eigenvalue weighted by Gasteiger charge is -2.21. The van der Waals surface area contributed by atoms with Gasteiger partial charge in [0.2, 0.25) is 0 Å². The molecule has 0 aliphatic carbocycles. The molecule has 4 nitrogen and oxygen atoms in total. The zero-order valence-corrected chi connectivity index (χ0v) is 11.1. The highest BCUT2D eigenvalue weighted by Crippen LogP contribution is 2.22. The third-order valence-electron chi connectivity index (χ3n) is 2.58. The van der Waals surface area contributed by atoms with E-state index in [1.54, 1.807) is 13.0 Å². The Balaban J connectivity index is 2.79. The predicted molar refractivity (Wildman–Crippen MR) is 69.6 cm³/mol. The fraction of sp³-hybridized carbons (Fsp3) is 0.385. The standard InChI is InChI=1S/C13H15F3N2O2/c1-9-7-10(3-4-11(19)20)8-17-12(9)18(2)6-5-13(14,15)16/h3-4,7-8H,5-6H2,1-2H3,(H,19,20)/b4-3+. The number of carboxylic acids is 1. The van der Waals surface area contributed by atoms with Crippen LogP contribution in [0.4, 0.5) is 19.0 Å². The van der Waals surface area contributed by atoms with Crippen molar-refractivity contribution in [1.29, 1.82) is 0 Å². The van der Waals surface area contributed by atoms with E-state index in [2.05, 4.69) is 4.98 Å². The molecular formula is C13H15F3N2O2. The number of aryl methyl sites for hydroxylation is 1. The Labute approximate surface area is 114 Å². The molecule has 0 radical (unpaired) electrons. The van der Waals surface area contributed by atoms with E-state index in [-0.39, 0.29) is 6.54 Å². The quantitative estimate of drug-likeness (QED) is 0.846. The lowest BCUT2D eigenvalue weighted by atomic mass is 10.2. The van der Waals surface area contributed by atoms with Crippen LogP contribution in [0.15, 0.2) is 18.3 Å². The fourth-order valence-corrected chi connectivity index (χ4v) is 1.65. The zero-order valence-electron chi connectivity index (χ0n) is 11.1. The first-order valence-corrected chi connectivity index (χ1v) is 5.84. The van der Waals surface area contributed by atoms with Crippen molar-refractivity contribution in [3.05, 3.63) is 29.5 Å². The van der Waals surface area contributed by atoms with Crippen LogP contribution in [0.5, 0.6) is 0 Å². The van der Waals surface area contributed by atoms with Gasteiger partial charge in [0.25, 0.3) is 0 Å². The number of pyridine rings is 1. The number of nitrogens with zero attached hydrogens (tertiary/aromatic N) is 2. The summed E-state index contributed by atoms with van der Waals surface area (Å²) >= 11 is 0. The number of halogens is 3. The van der Waals surface area contributed by atoms with Gasteiger partial charge in [0.15, 0.2) is 0 Å².